The summed E-state index contributed by atoms with van der Waals surface area (Å²) < 4.78 is 5.39. The van der Waals surface area contributed by atoms with Crippen LogP contribution in [0.3, 0.4) is 0 Å². The highest BCUT2D eigenvalue weighted by molar-refractivity contribution is 5.78. The number of H-pyrrole nitrogens is 2. The Morgan fingerprint density at radius 2 is 2.38 bits per heavy atom. The Labute approximate surface area is 120 Å². The summed E-state index contributed by atoms with van der Waals surface area (Å²) in [6.45, 7) is 2.23. The summed E-state index contributed by atoms with van der Waals surface area (Å²) in [5.41, 5.74) is 7.27. The van der Waals surface area contributed by atoms with Crippen molar-refractivity contribution in [2.24, 2.45) is 5.92 Å². The minimum absolute atomic E-state index is 0.0293. The van der Waals surface area contributed by atoms with Crippen LogP contribution in [0.25, 0.3) is 11.0 Å². The number of hydrogen-bond acceptors (Lipinski definition) is 6. The third kappa shape index (κ3) is 2.53. The fourth-order valence-corrected chi connectivity index (χ4v) is 2.94. The Morgan fingerprint density at radius 3 is 3.05 bits per heavy atom. The number of nitrogens with two attached hydrogens (primary N) is 1. The number of aromatic amines is 2. The summed E-state index contributed by atoms with van der Waals surface area (Å²) in [5, 5.41) is 9.37. The number of likely N-dealkylation sites (tertiary alicyclic amines) is 1. The van der Waals surface area contributed by atoms with Gasteiger partial charge < -0.3 is 20.6 Å². The fourth-order valence-electron chi connectivity index (χ4n) is 2.94. The Bertz CT molecular complexity index is 683. The van der Waals surface area contributed by atoms with E-state index in [-0.39, 0.29) is 30.1 Å². The summed E-state index contributed by atoms with van der Waals surface area (Å²) >= 11 is 0. The molecule has 0 amide bonds. The highest BCUT2D eigenvalue weighted by atomic mass is 16.5. The van der Waals surface area contributed by atoms with E-state index in [0.29, 0.717) is 17.6 Å². The molecule has 0 radical (unpaired) electrons. The number of nitrogens with zero attached hydrogens (tertiary/aromatic N) is 2. The van der Waals surface area contributed by atoms with Crippen LogP contribution < -0.4 is 11.3 Å². The van der Waals surface area contributed by atoms with Crippen LogP contribution in [0.15, 0.2) is 11.0 Å². The van der Waals surface area contributed by atoms with Crippen molar-refractivity contribution in [3.05, 3.63) is 22.1 Å². The maximum absolute atomic E-state index is 11.8. The summed E-state index contributed by atoms with van der Waals surface area (Å²) in [5.74, 6) is 0.222. The molecule has 0 bridgehead atoms. The zero-order valence-corrected chi connectivity index (χ0v) is 11.8. The molecule has 1 fully saturated rings. The van der Waals surface area contributed by atoms with Gasteiger partial charge in [-0.2, -0.15) is 0 Å². The van der Waals surface area contributed by atoms with E-state index in [2.05, 4.69) is 19.9 Å². The number of rotatable bonds is 4. The largest absolute Gasteiger partial charge is 0.396 e. The van der Waals surface area contributed by atoms with Crippen molar-refractivity contribution < 1.29 is 9.84 Å². The van der Waals surface area contributed by atoms with Gasteiger partial charge in [0.2, 0.25) is 5.95 Å². The Kier molecular flexibility index (Phi) is 3.66. The molecular formula is C13H19N5O3. The molecule has 1 aliphatic heterocycles. The van der Waals surface area contributed by atoms with Crippen LogP contribution in [0.5, 0.6) is 0 Å². The highest BCUT2D eigenvalue weighted by Gasteiger charge is 2.32. The van der Waals surface area contributed by atoms with Crippen LogP contribution in [0.4, 0.5) is 5.95 Å². The average Bonchev–Trinajstić information content (AvgIpc) is 3.03. The maximum atomic E-state index is 11.8. The van der Waals surface area contributed by atoms with Gasteiger partial charge in [0.25, 0.3) is 5.56 Å². The topological polar surface area (TPSA) is 120 Å². The van der Waals surface area contributed by atoms with E-state index in [1.807, 2.05) is 0 Å². The van der Waals surface area contributed by atoms with E-state index in [1.54, 1.807) is 13.3 Å². The molecule has 0 saturated carbocycles. The van der Waals surface area contributed by atoms with Gasteiger partial charge in [-0.25, -0.2) is 4.98 Å². The van der Waals surface area contributed by atoms with Crippen molar-refractivity contribution in [3.63, 3.8) is 0 Å². The first-order valence-corrected chi connectivity index (χ1v) is 6.84. The summed E-state index contributed by atoms with van der Waals surface area (Å²) in [6.07, 6.45) is 1.81. The number of ether oxygens (including phenoxy) is 1. The minimum Gasteiger partial charge on any atom is -0.396 e. The molecule has 114 valence electrons. The lowest BCUT2D eigenvalue weighted by Crippen LogP contribution is -2.23. The predicted molar refractivity (Wildman–Crippen MR) is 77.8 cm³/mol. The Hall–Kier alpha value is -1.90. The quantitative estimate of drug-likeness (QED) is 0.590. The number of anilines is 1. The molecule has 5 N–H and O–H groups in total. The minimum atomic E-state index is -0.270. The van der Waals surface area contributed by atoms with Crippen molar-refractivity contribution in [1.29, 1.82) is 0 Å². The first kappa shape index (κ1) is 14.1. The second kappa shape index (κ2) is 5.47. The van der Waals surface area contributed by atoms with Crippen LogP contribution >= 0.6 is 0 Å². The molecule has 2 aromatic heterocycles. The van der Waals surface area contributed by atoms with Crippen LogP contribution in [0.2, 0.25) is 0 Å². The Morgan fingerprint density at radius 1 is 1.57 bits per heavy atom. The molecule has 3 heterocycles. The molecule has 1 aliphatic rings. The zero-order valence-electron chi connectivity index (χ0n) is 11.8. The third-order valence-electron chi connectivity index (χ3n) is 4.02. The van der Waals surface area contributed by atoms with Gasteiger partial charge in [0, 0.05) is 51.0 Å². The smallest absolute Gasteiger partial charge is 0.276 e. The molecule has 2 unspecified atom stereocenters. The van der Waals surface area contributed by atoms with Gasteiger partial charge in [-0.05, 0) is 0 Å². The molecule has 3 rings (SSSR count). The molecule has 0 aromatic carbocycles. The summed E-state index contributed by atoms with van der Waals surface area (Å²) in [7, 11) is 1.66. The maximum Gasteiger partial charge on any atom is 0.276 e. The monoisotopic (exact) mass is 293 g/mol. The normalized spacial score (nSPS) is 23.1. The number of fused-ring (bicyclic) bond motifs is 1. The second-order valence-electron chi connectivity index (χ2n) is 5.40. The number of nitrogen functional groups attached to an aromatic ring is 1. The molecule has 1 saturated heterocycles. The van der Waals surface area contributed by atoms with Crippen molar-refractivity contribution in [1.82, 2.24) is 19.9 Å². The standard InChI is InChI=1S/C13H19N5O3/c1-21-9-5-18(4-8(9)6-19)3-7-2-15-11-10(7)16-13(14)17-12(11)20/h2,8-9,15,19H,3-6H2,1H3,(H3,14,16,17,20). The van der Waals surface area contributed by atoms with E-state index in [0.717, 1.165) is 18.7 Å². The lowest BCUT2D eigenvalue weighted by atomic mass is 10.1. The highest BCUT2D eigenvalue weighted by Crippen LogP contribution is 2.23. The van der Waals surface area contributed by atoms with Crippen LogP contribution in [-0.2, 0) is 11.3 Å². The van der Waals surface area contributed by atoms with Gasteiger partial charge in [-0.15, -0.1) is 0 Å². The molecule has 8 heteroatoms. The molecule has 2 atom stereocenters. The van der Waals surface area contributed by atoms with Gasteiger partial charge in [0.15, 0.2) is 0 Å². The number of aliphatic hydroxyl groups is 1. The molecule has 0 spiro atoms. The van der Waals surface area contributed by atoms with E-state index in [9.17, 15) is 9.90 Å². The predicted octanol–water partition coefficient (Wildman–Crippen LogP) is -0.727. The lowest BCUT2D eigenvalue weighted by Gasteiger charge is -2.14. The van der Waals surface area contributed by atoms with Crippen LogP contribution in [-0.4, -0.2) is 57.9 Å². The zero-order chi connectivity index (χ0) is 15.0. The molecule has 2 aromatic rings. The summed E-state index contributed by atoms with van der Waals surface area (Å²) in [6, 6.07) is 0. The van der Waals surface area contributed by atoms with E-state index < -0.39 is 0 Å². The van der Waals surface area contributed by atoms with Crippen LogP contribution in [0.1, 0.15) is 5.56 Å². The molecule has 0 aliphatic carbocycles. The van der Waals surface area contributed by atoms with Crippen molar-refractivity contribution >= 4 is 17.0 Å². The molecule has 21 heavy (non-hydrogen) atoms. The van der Waals surface area contributed by atoms with Crippen LogP contribution in [0, 0.1) is 5.92 Å². The first-order chi connectivity index (χ1) is 10.1. The van der Waals surface area contributed by atoms with Gasteiger partial charge in [0.1, 0.15) is 11.0 Å². The SMILES string of the molecule is COC1CN(Cc2c[nH]c3c(=O)[nH]c(N)nc23)CC1CO. The summed E-state index contributed by atoms with van der Waals surface area (Å²) in [4.78, 5) is 23.6. The fraction of sp³-hybridized carbons (Fsp3) is 0.538. The van der Waals surface area contributed by atoms with E-state index in [4.69, 9.17) is 10.5 Å². The number of nitrogens with one attached hydrogen (secondary N) is 2. The first-order valence-electron chi connectivity index (χ1n) is 6.84. The number of methoxy groups -OCH3 is 1. The number of hydrogen-bond donors (Lipinski definition) is 4. The van der Waals surface area contributed by atoms with Gasteiger partial charge >= 0.3 is 0 Å². The van der Waals surface area contributed by atoms with Crippen molar-refractivity contribution in [2.45, 2.75) is 12.6 Å². The van der Waals surface area contributed by atoms with Crippen molar-refractivity contribution in [2.75, 3.05) is 32.5 Å². The number of aromatic nitrogens is 3. The van der Waals surface area contributed by atoms with Gasteiger partial charge in [0.05, 0.1) is 6.10 Å². The molecular weight excluding hydrogens is 274 g/mol. The van der Waals surface area contributed by atoms with Crippen molar-refractivity contribution in [3.8, 4) is 0 Å². The lowest BCUT2D eigenvalue weighted by molar-refractivity contribution is 0.0558. The molecule has 8 nitrogen and oxygen atoms in total. The van der Waals surface area contributed by atoms with Gasteiger partial charge in [-0.3, -0.25) is 14.7 Å². The van der Waals surface area contributed by atoms with E-state index >= 15 is 0 Å². The average molecular weight is 293 g/mol. The number of aliphatic hydroxyl groups excluding tert-OH is 1. The van der Waals surface area contributed by atoms with E-state index in [1.165, 1.54) is 0 Å². The second-order valence-corrected chi connectivity index (χ2v) is 5.40. The Balaban J connectivity index is 1.85. The van der Waals surface area contributed by atoms with Gasteiger partial charge in [-0.1, -0.05) is 0 Å². The third-order valence-corrected chi connectivity index (χ3v) is 4.02.